The topological polar surface area (TPSA) is 70.1 Å². The molecule has 1 aromatic heterocycles. The first-order valence-corrected chi connectivity index (χ1v) is 9.38. The predicted octanol–water partition coefficient (Wildman–Crippen LogP) is 4.61. The number of amides is 2. The Morgan fingerprint density at radius 1 is 1.12 bits per heavy atom. The van der Waals surface area contributed by atoms with E-state index in [1.165, 1.54) is 11.3 Å². The highest BCUT2D eigenvalue weighted by Gasteiger charge is 2.16. The molecule has 25 heavy (non-hydrogen) atoms. The third kappa shape index (κ3) is 6.34. The largest absolute Gasteiger partial charge is 0.346 e. The highest BCUT2D eigenvalue weighted by molar-refractivity contribution is 7.19. The van der Waals surface area contributed by atoms with Crippen molar-refractivity contribution in [1.82, 2.24) is 10.2 Å². The van der Waals surface area contributed by atoms with Gasteiger partial charge in [0.15, 0.2) is 0 Å². The van der Waals surface area contributed by atoms with Gasteiger partial charge in [-0.3, -0.25) is 5.32 Å². The Morgan fingerprint density at radius 3 is 2.40 bits per heavy atom. The third-order valence-electron chi connectivity index (χ3n) is 3.35. The molecule has 2 N–H and O–H groups in total. The molecule has 6 nitrogen and oxygen atoms in total. The van der Waals surface area contributed by atoms with Crippen LogP contribution in [0, 0.1) is 18.8 Å². The van der Waals surface area contributed by atoms with Crippen molar-refractivity contribution >= 4 is 33.3 Å². The molecule has 7 heteroatoms. The zero-order chi connectivity index (χ0) is 18.4. The smallest absolute Gasteiger partial charge is 0.325 e. The summed E-state index contributed by atoms with van der Waals surface area (Å²) in [5, 5.41) is 15.3. The molecule has 0 saturated heterocycles. The van der Waals surface area contributed by atoms with Crippen LogP contribution in [-0.4, -0.2) is 29.3 Å². The Kier molecular flexibility index (Phi) is 6.75. The minimum absolute atomic E-state index is 0.312. The maximum atomic E-state index is 12.1. The minimum Gasteiger partial charge on any atom is -0.346 e. The molecule has 0 atom stereocenters. The van der Waals surface area contributed by atoms with Crippen LogP contribution < -0.4 is 15.5 Å². The van der Waals surface area contributed by atoms with E-state index < -0.39 is 0 Å². The first-order chi connectivity index (χ1) is 11.8. The molecule has 2 rings (SSSR count). The number of anilines is 3. The summed E-state index contributed by atoms with van der Waals surface area (Å²) in [5.41, 5.74) is 1.84. The summed E-state index contributed by atoms with van der Waals surface area (Å²) < 4.78 is 0. The Morgan fingerprint density at radius 2 is 1.80 bits per heavy atom. The maximum Gasteiger partial charge on any atom is 0.325 e. The van der Waals surface area contributed by atoms with Gasteiger partial charge in [0.25, 0.3) is 0 Å². The fraction of sp³-hybridized carbons (Fsp3) is 0.500. The van der Waals surface area contributed by atoms with E-state index in [1.807, 2.05) is 31.2 Å². The molecule has 0 radical (unpaired) electrons. The summed E-state index contributed by atoms with van der Waals surface area (Å²) in [5.74, 6) is 1.06. The molecular formula is C18H27N5OS. The average molecular weight is 362 g/mol. The second kappa shape index (κ2) is 8.80. The number of hydrogen-bond donors (Lipinski definition) is 2. The fourth-order valence-corrected chi connectivity index (χ4v) is 3.25. The average Bonchev–Trinajstić information content (AvgIpc) is 2.93. The van der Waals surface area contributed by atoms with Crippen molar-refractivity contribution in [3.8, 4) is 0 Å². The van der Waals surface area contributed by atoms with Gasteiger partial charge in [-0.1, -0.05) is 51.2 Å². The number of benzene rings is 1. The molecule has 0 bridgehead atoms. The van der Waals surface area contributed by atoms with Gasteiger partial charge in [0.05, 0.1) is 0 Å². The second-order valence-corrected chi connectivity index (χ2v) is 7.99. The summed E-state index contributed by atoms with van der Waals surface area (Å²) in [6.45, 7) is 12.6. The van der Waals surface area contributed by atoms with E-state index in [0.717, 1.165) is 29.5 Å². The van der Waals surface area contributed by atoms with Crippen LogP contribution in [0.4, 0.5) is 20.7 Å². The highest BCUT2D eigenvalue weighted by Crippen LogP contribution is 2.25. The van der Waals surface area contributed by atoms with Crippen molar-refractivity contribution < 1.29 is 4.79 Å². The van der Waals surface area contributed by atoms with Gasteiger partial charge in [-0.05, 0) is 36.5 Å². The molecule has 2 amide bonds. The van der Waals surface area contributed by atoms with Crippen molar-refractivity contribution in [1.29, 1.82) is 0 Å². The maximum absolute atomic E-state index is 12.1. The molecule has 0 fully saturated rings. The number of carbonyl (C=O) groups is 1. The number of carbonyl (C=O) groups excluding carboxylic acids is 1. The number of nitrogens with zero attached hydrogens (tertiary/aromatic N) is 3. The lowest BCUT2D eigenvalue weighted by atomic mass is 10.1. The molecule has 1 aromatic carbocycles. The molecule has 1 heterocycles. The number of aryl methyl sites for hydroxylation is 1. The predicted molar refractivity (Wildman–Crippen MR) is 106 cm³/mol. The summed E-state index contributed by atoms with van der Waals surface area (Å²) in [4.78, 5) is 14.4. The van der Waals surface area contributed by atoms with Gasteiger partial charge in [0, 0.05) is 18.8 Å². The zero-order valence-electron chi connectivity index (χ0n) is 15.5. The first-order valence-electron chi connectivity index (χ1n) is 8.56. The second-order valence-electron chi connectivity index (χ2n) is 7.03. The van der Waals surface area contributed by atoms with E-state index in [1.54, 1.807) is 0 Å². The van der Waals surface area contributed by atoms with Gasteiger partial charge in [0.1, 0.15) is 0 Å². The van der Waals surface area contributed by atoms with E-state index in [0.29, 0.717) is 17.0 Å². The Hall–Kier alpha value is -2.15. The van der Waals surface area contributed by atoms with Crippen LogP contribution in [-0.2, 0) is 0 Å². The monoisotopic (exact) mass is 361 g/mol. The van der Waals surface area contributed by atoms with Crippen LogP contribution in [0.3, 0.4) is 0 Å². The van der Waals surface area contributed by atoms with Gasteiger partial charge in [-0.25, -0.2) is 4.79 Å². The molecule has 0 aliphatic heterocycles. The quantitative estimate of drug-likeness (QED) is 0.755. The highest BCUT2D eigenvalue weighted by atomic mass is 32.1. The van der Waals surface area contributed by atoms with E-state index >= 15 is 0 Å². The molecule has 0 saturated carbocycles. The van der Waals surface area contributed by atoms with Gasteiger partial charge >= 0.3 is 6.03 Å². The number of aromatic nitrogens is 2. The fourth-order valence-electron chi connectivity index (χ4n) is 2.49. The van der Waals surface area contributed by atoms with E-state index in [9.17, 15) is 4.79 Å². The normalized spacial score (nSPS) is 11.0. The van der Waals surface area contributed by atoms with Gasteiger partial charge < -0.3 is 10.2 Å². The van der Waals surface area contributed by atoms with Crippen molar-refractivity contribution in [2.75, 3.05) is 28.6 Å². The van der Waals surface area contributed by atoms with Crippen LogP contribution in [0.1, 0.15) is 33.3 Å². The van der Waals surface area contributed by atoms with Crippen LogP contribution in [0.5, 0.6) is 0 Å². The van der Waals surface area contributed by atoms with E-state index in [2.05, 4.69) is 53.4 Å². The van der Waals surface area contributed by atoms with Crippen molar-refractivity contribution in [2.24, 2.45) is 11.8 Å². The lowest BCUT2D eigenvalue weighted by molar-refractivity contribution is 0.262. The molecule has 136 valence electrons. The molecule has 0 aliphatic carbocycles. The van der Waals surface area contributed by atoms with Crippen LogP contribution in [0.2, 0.25) is 0 Å². The molecule has 0 unspecified atom stereocenters. The third-order valence-corrected chi connectivity index (χ3v) is 4.25. The van der Waals surface area contributed by atoms with Crippen LogP contribution in [0.25, 0.3) is 0 Å². The lowest BCUT2D eigenvalue weighted by Gasteiger charge is -2.25. The van der Waals surface area contributed by atoms with Crippen molar-refractivity contribution in [3.05, 3.63) is 29.8 Å². The summed E-state index contributed by atoms with van der Waals surface area (Å²) >= 11 is 1.40. The van der Waals surface area contributed by atoms with Crippen LogP contribution in [0.15, 0.2) is 24.3 Å². The standard InChI is InChI=1S/C18H27N5OS/c1-12(2)10-23(11-13(3)4)18-22-21-17(25-18)20-16(24)19-15-8-6-7-14(5)9-15/h6-9,12-13H,10-11H2,1-5H3,(H2,19,20,21,24). The Bertz CT molecular complexity index is 688. The number of urea groups is 1. The molecule has 2 aromatic rings. The van der Waals surface area contributed by atoms with Crippen molar-refractivity contribution in [2.45, 2.75) is 34.6 Å². The van der Waals surface area contributed by atoms with Gasteiger partial charge in [-0.15, -0.1) is 10.2 Å². The number of nitrogens with one attached hydrogen (secondary N) is 2. The lowest BCUT2D eigenvalue weighted by Crippen LogP contribution is -2.31. The first kappa shape index (κ1) is 19.2. The number of hydrogen-bond acceptors (Lipinski definition) is 5. The van der Waals surface area contributed by atoms with E-state index in [-0.39, 0.29) is 6.03 Å². The van der Waals surface area contributed by atoms with Gasteiger partial charge in [0.2, 0.25) is 10.3 Å². The summed E-state index contributed by atoms with van der Waals surface area (Å²) in [6.07, 6.45) is 0. The number of rotatable bonds is 7. The summed E-state index contributed by atoms with van der Waals surface area (Å²) in [6, 6.07) is 7.35. The molecule has 0 spiro atoms. The molecular weight excluding hydrogens is 334 g/mol. The SMILES string of the molecule is Cc1cccc(NC(=O)Nc2nnc(N(CC(C)C)CC(C)C)s2)c1. The zero-order valence-corrected chi connectivity index (χ0v) is 16.4. The minimum atomic E-state index is -0.312. The van der Waals surface area contributed by atoms with Crippen LogP contribution >= 0.6 is 11.3 Å². The summed E-state index contributed by atoms with van der Waals surface area (Å²) in [7, 11) is 0. The van der Waals surface area contributed by atoms with Crippen molar-refractivity contribution in [3.63, 3.8) is 0 Å². The van der Waals surface area contributed by atoms with E-state index in [4.69, 9.17) is 0 Å². The Balaban J connectivity index is 2.00. The Labute approximate surface area is 153 Å². The molecule has 0 aliphatic rings. The van der Waals surface area contributed by atoms with Gasteiger partial charge in [-0.2, -0.15) is 0 Å².